The standard InChI is InChI=1S/C55H90O6/c1-4-7-10-13-16-19-21-23-25-27-28-30-31-33-36-39-42-45-48-54(57)60-51-52(50-59-53(56)47-44-41-38-35-18-15-12-9-6-3)61-55(58)49-46-43-40-37-34-32-29-26-24-22-20-17-14-11-8-5-2/h8,11,17,20,24-28,30,32,34-35,38,40,43,52H,4-7,9-10,12-16,18-19,21-23,29,31,33,36-37,39,41-42,44-51H2,1-3H3/b11-8-,20-17-,26-24-,27-25-,30-28-,34-32-,38-35-,43-40-. The maximum Gasteiger partial charge on any atom is 0.306 e. The number of carbonyl (C=O) groups is 3. The molecule has 0 saturated carbocycles. The van der Waals surface area contributed by atoms with Crippen molar-refractivity contribution in [2.45, 2.75) is 219 Å². The van der Waals surface area contributed by atoms with Crippen molar-refractivity contribution in [3.63, 3.8) is 0 Å². The summed E-state index contributed by atoms with van der Waals surface area (Å²) < 4.78 is 16.6. The van der Waals surface area contributed by atoms with Crippen LogP contribution in [0.1, 0.15) is 213 Å². The minimum absolute atomic E-state index is 0.125. The molecule has 0 aromatic carbocycles. The maximum atomic E-state index is 12.7. The molecular formula is C55H90O6. The molecule has 1 unspecified atom stereocenters. The average Bonchev–Trinajstić information content (AvgIpc) is 3.26. The second-order valence-corrected chi connectivity index (χ2v) is 16.0. The van der Waals surface area contributed by atoms with Crippen molar-refractivity contribution in [3.8, 4) is 0 Å². The molecule has 0 aliphatic rings. The molecule has 1 atom stereocenters. The van der Waals surface area contributed by atoms with Crippen LogP contribution in [0.3, 0.4) is 0 Å². The second-order valence-electron chi connectivity index (χ2n) is 16.0. The van der Waals surface area contributed by atoms with Crippen molar-refractivity contribution in [2.24, 2.45) is 0 Å². The van der Waals surface area contributed by atoms with Gasteiger partial charge in [0.15, 0.2) is 6.10 Å². The lowest BCUT2D eigenvalue weighted by Crippen LogP contribution is -2.30. The van der Waals surface area contributed by atoms with Gasteiger partial charge in [0, 0.05) is 19.3 Å². The van der Waals surface area contributed by atoms with Gasteiger partial charge >= 0.3 is 17.9 Å². The van der Waals surface area contributed by atoms with Gasteiger partial charge in [0.2, 0.25) is 0 Å². The molecule has 0 radical (unpaired) electrons. The Bertz CT molecular complexity index is 1250. The summed E-state index contributed by atoms with van der Waals surface area (Å²) in [5.41, 5.74) is 0. The third-order valence-corrected chi connectivity index (χ3v) is 10.1. The number of rotatable bonds is 43. The van der Waals surface area contributed by atoms with Crippen LogP contribution in [0.5, 0.6) is 0 Å². The minimum atomic E-state index is -0.833. The fourth-order valence-electron chi connectivity index (χ4n) is 6.37. The van der Waals surface area contributed by atoms with E-state index in [1.165, 1.54) is 77.0 Å². The summed E-state index contributed by atoms with van der Waals surface area (Å²) in [6.07, 6.45) is 64.2. The summed E-state index contributed by atoms with van der Waals surface area (Å²) in [5, 5.41) is 0. The zero-order chi connectivity index (χ0) is 44.4. The molecule has 0 heterocycles. The number of carbonyl (C=O) groups excluding carboxylic acids is 3. The van der Waals surface area contributed by atoms with E-state index in [2.05, 4.69) is 106 Å². The Labute approximate surface area is 375 Å². The van der Waals surface area contributed by atoms with Crippen molar-refractivity contribution in [1.29, 1.82) is 0 Å². The Morgan fingerprint density at radius 2 is 0.738 bits per heavy atom. The summed E-state index contributed by atoms with van der Waals surface area (Å²) in [6, 6.07) is 0. The molecule has 0 aliphatic carbocycles. The Morgan fingerprint density at radius 1 is 0.361 bits per heavy atom. The van der Waals surface area contributed by atoms with E-state index in [4.69, 9.17) is 14.2 Å². The lowest BCUT2D eigenvalue weighted by atomic mass is 10.1. The van der Waals surface area contributed by atoms with E-state index in [0.29, 0.717) is 19.3 Å². The summed E-state index contributed by atoms with van der Waals surface area (Å²) in [5.74, 6) is -1.07. The van der Waals surface area contributed by atoms with Crippen molar-refractivity contribution >= 4 is 17.9 Å². The van der Waals surface area contributed by atoms with Crippen LogP contribution < -0.4 is 0 Å². The molecule has 0 fully saturated rings. The zero-order valence-corrected chi connectivity index (χ0v) is 39.4. The van der Waals surface area contributed by atoms with Crippen molar-refractivity contribution in [3.05, 3.63) is 97.2 Å². The highest BCUT2D eigenvalue weighted by molar-refractivity contribution is 5.71. The number of hydrogen-bond donors (Lipinski definition) is 0. The molecule has 0 spiro atoms. The highest BCUT2D eigenvalue weighted by Crippen LogP contribution is 2.12. The van der Waals surface area contributed by atoms with Gasteiger partial charge in [0.1, 0.15) is 13.2 Å². The van der Waals surface area contributed by atoms with Gasteiger partial charge in [-0.3, -0.25) is 14.4 Å². The quantitative estimate of drug-likeness (QED) is 0.0200. The van der Waals surface area contributed by atoms with Gasteiger partial charge in [-0.25, -0.2) is 0 Å². The number of hydrogen-bond acceptors (Lipinski definition) is 6. The minimum Gasteiger partial charge on any atom is -0.462 e. The van der Waals surface area contributed by atoms with Crippen LogP contribution in [-0.4, -0.2) is 37.2 Å². The fraction of sp³-hybridized carbons (Fsp3) is 0.655. The molecule has 0 aliphatic heterocycles. The zero-order valence-electron chi connectivity index (χ0n) is 39.4. The van der Waals surface area contributed by atoms with Crippen molar-refractivity contribution in [1.82, 2.24) is 0 Å². The van der Waals surface area contributed by atoms with Crippen LogP contribution in [0.25, 0.3) is 0 Å². The largest absolute Gasteiger partial charge is 0.462 e. The number of ether oxygens (including phenoxy) is 3. The molecular weight excluding hydrogens is 757 g/mol. The van der Waals surface area contributed by atoms with Crippen LogP contribution in [0, 0.1) is 0 Å². The second kappa shape index (κ2) is 49.0. The van der Waals surface area contributed by atoms with Gasteiger partial charge in [-0.15, -0.1) is 0 Å². The summed E-state index contributed by atoms with van der Waals surface area (Å²) >= 11 is 0. The lowest BCUT2D eigenvalue weighted by Gasteiger charge is -2.18. The maximum absolute atomic E-state index is 12.7. The van der Waals surface area contributed by atoms with Crippen LogP contribution in [-0.2, 0) is 28.6 Å². The molecule has 0 N–H and O–H groups in total. The smallest absolute Gasteiger partial charge is 0.306 e. The number of unbranched alkanes of at least 4 members (excludes halogenated alkanes) is 17. The summed E-state index contributed by atoms with van der Waals surface area (Å²) in [7, 11) is 0. The van der Waals surface area contributed by atoms with E-state index >= 15 is 0 Å². The lowest BCUT2D eigenvalue weighted by molar-refractivity contribution is -0.166. The number of allylic oxidation sites excluding steroid dienone is 16. The molecule has 6 heteroatoms. The Hall–Kier alpha value is -3.67. The summed E-state index contributed by atoms with van der Waals surface area (Å²) in [6.45, 7) is 6.36. The first-order chi connectivity index (χ1) is 30.0. The predicted octanol–water partition coefficient (Wildman–Crippen LogP) is 16.2. The van der Waals surface area contributed by atoms with E-state index in [-0.39, 0.29) is 38.0 Å². The van der Waals surface area contributed by atoms with Gasteiger partial charge in [0.05, 0.1) is 0 Å². The van der Waals surface area contributed by atoms with Gasteiger partial charge in [-0.05, 0) is 96.3 Å². The van der Waals surface area contributed by atoms with Crippen LogP contribution in [0.15, 0.2) is 97.2 Å². The fourth-order valence-corrected chi connectivity index (χ4v) is 6.37. The Kier molecular flexibility index (Phi) is 46.0. The topological polar surface area (TPSA) is 78.9 Å². The van der Waals surface area contributed by atoms with E-state index in [1.54, 1.807) is 0 Å². The van der Waals surface area contributed by atoms with Crippen LogP contribution in [0.2, 0.25) is 0 Å². The highest BCUT2D eigenvalue weighted by atomic mass is 16.6. The SMILES string of the molecule is CC/C=C\C/C=C\C/C=C\C/C=C\C/C=C\CCC(=O)OC(COC(=O)CCC/C=C\CCCCCC)COC(=O)CCCCCCC/C=C\C=C/CCCCCCCCC. The van der Waals surface area contributed by atoms with E-state index < -0.39 is 12.1 Å². The number of esters is 3. The first kappa shape index (κ1) is 57.3. The van der Waals surface area contributed by atoms with Gasteiger partial charge in [-0.1, -0.05) is 195 Å². The van der Waals surface area contributed by atoms with E-state index in [0.717, 1.165) is 83.5 Å². The highest BCUT2D eigenvalue weighted by Gasteiger charge is 2.19. The molecule has 0 amide bonds. The molecule has 6 nitrogen and oxygen atoms in total. The van der Waals surface area contributed by atoms with Crippen LogP contribution >= 0.6 is 0 Å². The van der Waals surface area contributed by atoms with Crippen molar-refractivity contribution < 1.29 is 28.6 Å². The average molecular weight is 847 g/mol. The van der Waals surface area contributed by atoms with Crippen molar-refractivity contribution in [2.75, 3.05) is 13.2 Å². The molecule has 0 aromatic heterocycles. The molecule has 0 bridgehead atoms. The normalized spacial score (nSPS) is 12.9. The first-order valence-corrected chi connectivity index (χ1v) is 24.8. The Morgan fingerprint density at radius 3 is 1.25 bits per heavy atom. The first-order valence-electron chi connectivity index (χ1n) is 24.8. The molecule has 61 heavy (non-hydrogen) atoms. The van der Waals surface area contributed by atoms with Crippen LogP contribution in [0.4, 0.5) is 0 Å². The predicted molar refractivity (Wildman–Crippen MR) is 260 cm³/mol. The summed E-state index contributed by atoms with van der Waals surface area (Å²) in [4.78, 5) is 37.8. The van der Waals surface area contributed by atoms with Gasteiger partial charge in [0.25, 0.3) is 0 Å². The van der Waals surface area contributed by atoms with Gasteiger partial charge in [-0.2, -0.15) is 0 Å². The molecule has 0 aromatic rings. The molecule has 0 rings (SSSR count). The monoisotopic (exact) mass is 847 g/mol. The molecule has 0 saturated heterocycles. The third kappa shape index (κ3) is 47.2. The van der Waals surface area contributed by atoms with Gasteiger partial charge < -0.3 is 14.2 Å². The Balaban J connectivity index is 4.50. The third-order valence-electron chi connectivity index (χ3n) is 10.1. The molecule has 346 valence electrons. The van der Waals surface area contributed by atoms with E-state index in [1.807, 2.05) is 12.2 Å². The van der Waals surface area contributed by atoms with E-state index in [9.17, 15) is 14.4 Å².